The molecule has 1 rings (SSSR count). The predicted molar refractivity (Wildman–Crippen MR) is 40.5 cm³/mol. The lowest BCUT2D eigenvalue weighted by Gasteiger charge is -2.10. The molecule has 4 heteroatoms. The monoisotopic (exact) mass is 172 g/mol. The van der Waals surface area contributed by atoms with Gasteiger partial charge in [0, 0.05) is 0 Å². The first-order valence-electron chi connectivity index (χ1n) is 4.01. The lowest BCUT2D eigenvalue weighted by molar-refractivity contribution is -0.155. The van der Waals surface area contributed by atoms with Crippen LogP contribution < -0.4 is 0 Å². The topological polar surface area (TPSA) is 63.6 Å². The van der Waals surface area contributed by atoms with E-state index in [4.69, 9.17) is 9.84 Å². The van der Waals surface area contributed by atoms with Crippen LogP contribution in [0.15, 0.2) is 0 Å². The Labute approximate surface area is 70.5 Å². The van der Waals surface area contributed by atoms with Gasteiger partial charge in [-0.25, -0.2) is 0 Å². The minimum atomic E-state index is -1.14. The van der Waals surface area contributed by atoms with Crippen LogP contribution >= 0.6 is 0 Å². The molecule has 1 fully saturated rings. The van der Waals surface area contributed by atoms with Crippen molar-refractivity contribution in [3.8, 4) is 0 Å². The molecule has 0 amide bonds. The van der Waals surface area contributed by atoms with Gasteiger partial charge in [-0.15, -0.1) is 0 Å². The van der Waals surface area contributed by atoms with Crippen LogP contribution in [0.25, 0.3) is 0 Å². The zero-order chi connectivity index (χ0) is 9.14. The summed E-state index contributed by atoms with van der Waals surface area (Å²) in [4.78, 5) is 20.9. The Balaban J connectivity index is 2.20. The second kappa shape index (κ2) is 3.56. The van der Waals surface area contributed by atoms with Crippen molar-refractivity contribution in [3.05, 3.63) is 0 Å². The Hall–Kier alpha value is -1.06. The molecule has 0 aromatic rings. The molecular formula is C8H12O4. The van der Waals surface area contributed by atoms with Crippen molar-refractivity contribution in [1.82, 2.24) is 0 Å². The van der Waals surface area contributed by atoms with Crippen molar-refractivity contribution in [2.45, 2.75) is 32.3 Å². The Morgan fingerprint density at radius 3 is 2.58 bits per heavy atom. The van der Waals surface area contributed by atoms with E-state index in [9.17, 15) is 9.59 Å². The van der Waals surface area contributed by atoms with Crippen LogP contribution in [0, 0.1) is 5.92 Å². The average molecular weight is 172 g/mol. The van der Waals surface area contributed by atoms with Crippen LogP contribution in [0.5, 0.6) is 0 Å². The van der Waals surface area contributed by atoms with Crippen molar-refractivity contribution in [1.29, 1.82) is 0 Å². The molecule has 68 valence electrons. The SMILES string of the molecule is CC(OC(=O)CC(=O)O)C1CC1. The number of hydrogen-bond acceptors (Lipinski definition) is 3. The van der Waals surface area contributed by atoms with E-state index >= 15 is 0 Å². The highest BCUT2D eigenvalue weighted by Gasteiger charge is 2.30. The van der Waals surface area contributed by atoms with Gasteiger partial charge in [0.15, 0.2) is 0 Å². The quantitative estimate of drug-likeness (QED) is 0.503. The number of carbonyl (C=O) groups excluding carboxylic acids is 1. The van der Waals surface area contributed by atoms with E-state index in [-0.39, 0.29) is 6.10 Å². The summed E-state index contributed by atoms with van der Waals surface area (Å²) >= 11 is 0. The largest absolute Gasteiger partial charge is 0.481 e. The lowest BCUT2D eigenvalue weighted by Crippen LogP contribution is -2.18. The highest BCUT2D eigenvalue weighted by atomic mass is 16.5. The molecule has 0 bridgehead atoms. The number of hydrogen-bond donors (Lipinski definition) is 1. The minimum absolute atomic E-state index is 0.114. The Bertz CT molecular complexity index is 195. The number of aliphatic carboxylic acids is 1. The van der Waals surface area contributed by atoms with Gasteiger partial charge >= 0.3 is 11.9 Å². The van der Waals surface area contributed by atoms with Gasteiger partial charge in [0.05, 0.1) is 0 Å². The molecule has 0 radical (unpaired) electrons. The Morgan fingerprint density at radius 1 is 1.58 bits per heavy atom. The summed E-state index contributed by atoms with van der Waals surface area (Å²) in [5.74, 6) is -1.31. The molecule has 4 nitrogen and oxygen atoms in total. The number of esters is 1. The van der Waals surface area contributed by atoms with E-state index in [0.717, 1.165) is 12.8 Å². The lowest BCUT2D eigenvalue weighted by atomic mass is 10.3. The second-order valence-electron chi connectivity index (χ2n) is 3.10. The van der Waals surface area contributed by atoms with E-state index in [1.165, 1.54) is 0 Å². The molecule has 0 spiro atoms. The van der Waals surface area contributed by atoms with Gasteiger partial charge in [-0.3, -0.25) is 9.59 Å². The molecule has 0 heterocycles. The fourth-order valence-electron chi connectivity index (χ4n) is 1.03. The summed E-state index contributed by atoms with van der Waals surface area (Å²) in [6.45, 7) is 1.80. The van der Waals surface area contributed by atoms with E-state index in [0.29, 0.717) is 5.92 Å². The Morgan fingerprint density at radius 2 is 2.17 bits per heavy atom. The van der Waals surface area contributed by atoms with Crippen LogP contribution in [-0.4, -0.2) is 23.1 Å². The van der Waals surface area contributed by atoms with Crippen molar-refractivity contribution in [2.24, 2.45) is 5.92 Å². The van der Waals surface area contributed by atoms with Crippen LogP contribution in [0.2, 0.25) is 0 Å². The van der Waals surface area contributed by atoms with Gasteiger partial charge in [0.2, 0.25) is 0 Å². The third kappa shape index (κ3) is 2.90. The predicted octanol–water partition coefficient (Wildman–Crippen LogP) is 0.803. The van der Waals surface area contributed by atoms with Crippen LogP contribution in [-0.2, 0) is 14.3 Å². The zero-order valence-corrected chi connectivity index (χ0v) is 6.95. The Kier molecular flexibility index (Phi) is 2.68. The van der Waals surface area contributed by atoms with Crippen molar-refractivity contribution in [3.63, 3.8) is 0 Å². The van der Waals surface area contributed by atoms with E-state index < -0.39 is 18.4 Å². The number of ether oxygens (including phenoxy) is 1. The van der Waals surface area contributed by atoms with E-state index in [2.05, 4.69) is 0 Å². The third-order valence-electron chi connectivity index (χ3n) is 1.90. The fraction of sp³-hybridized carbons (Fsp3) is 0.750. The van der Waals surface area contributed by atoms with Crippen LogP contribution in [0.4, 0.5) is 0 Å². The molecule has 1 N–H and O–H groups in total. The van der Waals surface area contributed by atoms with Gasteiger partial charge in [-0.1, -0.05) is 0 Å². The maximum atomic E-state index is 10.8. The fourth-order valence-corrected chi connectivity index (χ4v) is 1.03. The maximum absolute atomic E-state index is 10.8. The summed E-state index contributed by atoms with van der Waals surface area (Å²) in [6.07, 6.45) is 1.52. The second-order valence-corrected chi connectivity index (χ2v) is 3.10. The number of carbonyl (C=O) groups is 2. The number of rotatable bonds is 4. The van der Waals surface area contributed by atoms with Crippen molar-refractivity contribution in [2.75, 3.05) is 0 Å². The van der Waals surface area contributed by atoms with Gasteiger partial charge in [-0.05, 0) is 25.7 Å². The number of carboxylic acid groups (broad SMARTS) is 1. The smallest absolute Gasteiger partial charge is 0.317 e. The number of carboxylic acids is 1. The standard InChI is InChI=1S/C8H12O4/c1-5(6-2-3-6)12-8(11)4-7(9)10/h5-6H,2-4H2,1H3,(H,9,10). The first-order chi connectivity index (χ1) is 5.59. The first kappa shape index (κ1) is 9.03. The first-order valence-corrected chi connectivity index (χ1v) is 4.01. The third-order valence-corrected chi connectivity index (χ3v) is 1.90. The summed E-state index contributed by atoms with van der Waals surface area (Å²) in [5.41, 5.74) is 0. The molecule has 1 aliphatic carbocycles. The van der Waals surface area contributed by atoms with E-state index in [1.54, 1.807) is 6.92 Å². The summed E-state index contributed by atoms with van der Waals surface area (Å²) in [6, 6.07) is 0. The summed E-state index contributed by atoms with van der Waals surface area (Å²) < 4.78 is 4.87. The molecule has 1 saturated carbocycles. The van der Waals surface area contributed by atoms with Gasteiger partial charge in [0.1, 0.15) is 12.5 Å². The van der Waals surface area contributed by atoms with Gasteiger partial charge < -0.3 is 9.84 Å². The zero-order valence-electron chi connectivity index (χ0n) is 6.95. The van der Waals surface area contributed by atoms with Gasteiger partial charge in [0.25, 0.3) is 0 Å². The average Bonchev–Trinajstić information content (AvgIpc) is 2.63. The van der Waals surface area contributed by atoms with Crippen molar-refractivity contribution >= 4 is 11.9 Å². The summed E-state index contributed by atoms with van der Waals surface area (Å²) in [7, 11) is 0. The molecule has 1 atom stereocenters. The molecule has 0 saturated heterocycles. The highest BCUT2D eigenvalue weighted by molar-refractivity contribution is 5.90. The summed E-state index contributed by atoms with van der Waals surface area (Å²) in [5, 5.41) is 8.25. The van der Waals surface area contributed by atoms with E-state index in [1.807, 2.05) is 0 Å². The molecule has 12 heavy (non-hydrogen) atoms. The maximum Gasteiger partial charge on any atom is 0.317 e. The molecule has 0 aromatic heterocycles. The molecule has 1 unspecified atom stereocenters. The molecule has 0 aromatic carbocycles. The molecule has 1 aliphatic rings. The minimum Gasteiger partial charge on any atom is -0.481 e. The molecule has 0 aliphatic heterocycles. The normalized spacial score (nSPS) is 18.4. The van der Waals surface area contributed by atoms with Crippen LogP contribution in [0.3, 0.4) is 0 Å². The molecular weight excluding hydrogens is 160 g/mol. The highest BCUT2D eigenvalue weighted by Crippen LogP contribution is 2.34. The van der Waals surface area contributed by atoms with Crippen molar-refractivity contribution < 1.29 is 19.4 Å². The van der Waals surface area contributed by atoms with Crippen LogP contribution in [0.1, 0.15) is 26.2 Å². The van der Waals surface area contributed by atoms with Gasteiger partial charge in [-0.2, -0.15) is 0 Å².